The molecule has 0 saturated heterocycles. The van der Waals surface area contributed by atoms with E-state index in [0.29, 0.717) is 5.01 Å². The van der Waals surface area contributed by atoms with Gasteiger partial charge in [0.05, 0.1) is 0 Å². The lowest BCUT2D eigenvalue weighted by molar-refractivity contribution is 0.112. The summed E-state index contributed by atoms with van der Waals surface area (Å²) in [6.07, 6.45) is 5.01. The van der Waals surface area contributed by atoms with Crippen molar-refractivity contribution in [1.82, 2.24) is 10.3 Å². The molecule has 4 heteroatoms. The summed E-state index contributed by atoms with van der Waals surface area (Å²) < 4.78 is 0. The third-order valence-corrected chi connectivity index (χ3v) is 2.46. The molecule has 1 aromatic heterocycles. The van der Waals surface area contributed by atoms with Crippen LogP contribution in [0.3, 0.4) is 0 Å². The van der Waals surface area contributed by atoms with Crippen LogP contribution in [-0.4, -0.2) is 24.9 Å². The van der Waals surface area contributed by atoms with Crippen molar-refractivity contribution in [3.63, 3.8) is 0 Å². The number of aromatic nitrogens is 1. The summed E-state index contributed by atoms with van der Waals surface area (Å²) in [6, 6.07) is 0. The van der Waals surface area contributed by atoms with Crippen LogP contribution in [0.2, 0.25) is 0 Å². The summed E-state index contributed by atoms with van der Waals surface area (Å²) in [5, 5.41) is 5.43. The molecule has 1 aromatic rings. The molecule has 0 amide bonds. The number of hydrogen-bond donors (Lipinski definition) is 1. The van der Waals surface area contributed by atoms with Gasteiger partial charge < -0.3 is 5.32 Å². The maximum atomic E-state index is 9.82. The number of aldehydes is 1. The minimum atomic E-state index is 0.542. The van der Waals surface area contributed by atoms with Gasteiger partial charge >= 0.3 is 0 Å². The highest BCUT2D eigenvalue weighted by Gasteiger charge is 1.90. The standard InChI is InChI=1S/C7H17N.C4H3NOS/c1-7(2)5-4-6-8-3;6-3-4-5-1-2-7-4/h7-8H,4-6H2,1-3H3;1-3H. The quantitative estimate of drug-likeness (QED) is 0.622. The summed E-state index contributed by atoms with van der Waals surface area (Å²) in [6.45, 7) is 5.68. The molecule has 0 aliphatic rings. The maximum absolute atomic E-state index is 9.82. The maximum Gasteiger partial charge on any atom is 0.178 e. The molecule has 0 saturated carbocycles. The fraction of sp³-hybridized carbons (Fsp3) is 0.636. The zero-order valence-electron chi connectivity index (χ0n) is 9.69. The molecule has 0 atom stereocenters. The predicted molar refractivity (Wildman–Crippen MR) is 65.5 cm³/mol. The molecule has 1 heterocycles. The Morgan fingerprint density at radius 1 is 1.60 bits per heavy atom. The van der Waals surface area contributed by atoms with Gasteiger partial charge in [-0.25, -0.2) is 4.98 Å². The second kappa shape index (κ2) is 9.80. The van der Waals surface area contributed by atoms with Gasteiger partial charge in [0.15, 0.2) is 11.3 Å². The summed E-state index contributed by atoms with van der Waals surface area (Å²) in [4.78, 5) is 13.5. The number of rotatable bonds is 5. The molecule has 0 fully saturated rings. The molecule has 1 N–H and O–H groups in total. The van der Waals surface area contributed by atoms with Crippen LogP contribution in [0.5, 0.6) is 0 Å². The van der Waals surface area contributed by atoms with E-state index in [-0.39, 0.29) is 0 Å². The van der Waals surface area contributed by atoms with Crippen molar-refractivity contribution in [2.75, 3.05) is 13.6 Å². The van der Waals surface area contributed by atoms with Gasteiger partial charge in [-0.3, -0.25) is 4.79 Å². The summed E-state index contributed by atoms with van der Waals surface area (Å²) in [7, 11) is 2.00. The van der Waals surface area contributed by atoms with Gasteiger partial charge in [0.1, 0.15) is 0 Å². The van der Waals surface area contributed by atoms with E-state index < -0.39 is 0 Å². The fourth-order valence-corrected chi connectivity index (χ4v) is 1.42. The van der Waals surface area contributed by atoms with Crippen LogP contribution < -0.4 is 5.32 Å². The molecular formula is C11H20N2OS. The lowest BCUT2D eigenvalue weighted by atomic mass is 10.1. The Kier molecular flexibility index (Phi) is 9.32. The minimum Gasteiger partial charge on any atom is -0.320 e. The molecule has 0 spiro atoms. The van der Waals surface area contributed by atoms with E-state index in [4.69, 9.17) is 0 Å². The second-order valence-corrected chi connectivity index (χ2v) is 4.55. The number of hydrogen-bond acceptors (Lipinski definition) is 4. The Balaban J connectivity index is 0.000000262. The largest absolute Gasteiger partial charge is 0.320 e. The van der Waals surface area contributed by atoms with Crippen LogP contribution >= 0.6 is 11.3 Å². The van der Waals surface area contributed by atoms with Crippen molar-refractivity contribution >= 4 is 17.6 Å². The van der Waals surface area contributed by atoms with E-state index in [1.54, 1.807) is 11.6 Å². The van der Waals surface area contributed by atoms with Crippen LogP contribution in [0.1, 0.15) is 36.5 Å². The molecule has 3 nitrogen and oxygen atoms in total. The monoisotopic (exact) mass is 228 g/mol. The van der Waals surface area contributed by atoms with Crippen molar-refractivity contribution in [2.45, 2.75) is 26.7 Å². The average molecular weight is 228 g/mol. The zero-order valence-corrected chi connectivity index (χ0v) is 10.5. The summed E-state index contributed by atoms with van der Waals surface area (Å²) in [5.74, 6) is 0.864. The molecule has 0 radical (unpaired) electrons. The highest BCUT2D eigenvalue weighted by molar-refractivity contribution is 7.11. The zero-order chi connectivity index (χ0) is 11.5. The van der Waals surface area contributed by atoms with Crippen molar-refractivity contribution in [3.8, 4) is 0 Å². The van der Waals surface area contributed by atoms with E-state index in [1.165, 1.54) is 24.2 Å². The molecule has 0 aromatic carbocycles. The number of nitrogens with one attached hydrogen (secondary N) is 1. The van der Waals surface area contributed by atoms with Crippen molar-refractivity contribution in [3.05, 3.63) is 16.6 Å². The molecule has 0 bridgehead atoms. The number of thiazole rings is 1. The third-order valence-electron chi connectivity index (χ3n) is 1.76. The normalized spacial score (nSPS) is 9.60. The van der Waals surface area contributed by atoms with E-state index in [2.05, 4.69) is 24.1 Å². The number of carbonyl (C=O) groups is 1. The van der Waals surface area contributed by atoms with Crippen LogP contribution in [0.25, 0.3) is 0 Å². The van der Waals surface area contributed by atoms with E-state index in [9.17, 15) is 4.79 Å². The Morgan fingerprint density at radius 2 is 2.33 bits per heavy atom. The van der Waals surface area contributed by atoms with E-state index >= 15 is 0 Å². The fourth-order valence-electron chi connectivity index (χ4n) is 0.980. The van der Waals surface area contributed by atoms with Gasteiger partial charge in [0.25, 0.3) is 0 Å². The van der Waals surface area contributed by atoms with Crippen molar-refractivity contribution in [1.29, 1.82) is 0 Å². The Bertz CT molecular complexity index is 235. The van der Waals surface area contributed by atoms with E-state index in [0.717, 1.165) is 18.7 Å². The molecule has 0 unspecified atom stereocenters. The van der Waals surface area contributed by atoms with Gasteiger partial charge in [-0.1, -0.05) is 13.8 Å². The van der Waals surface area contributed by atoms with Crippen LogP contribution in [-0.2, 0) is 0 Å². The lowest BCUT2D eigenvalue weighted by Crippen LogP contribution is -2.08. The van der Waals surface area contributed by atoms with Gasteiger partial charge in [-0.15, -0.1) is 11.3 Å². The summed E-state index contributed by atoms with van der Waals surface area (Å²) in [5.41, 5.74) is 0. The first-order valence-electron chi connectivity index (χ1n) is 5.20. The van der Waals surface area contributed by atoms with E-state index in [1.807, 2.05) is 7.05 Å². The van der Waals surface area contributed by atoms with Crippen LogP contribution in [0.4, 0.5) is 0 Å². The van der Waals surface area contributed by atoms with Crippen molar-refractivity contribution in [2.24, 2.45) is 5.92 Å². The summed E-state index contributed by atoms with van der Waals surface area (Å²) >= 11 is 1.34. The molecule has 15 heavy (non-hydrogen) atoms. The van der Waals surface area contributed by atoms with Crippen molar-refractivity contribution < 1.29 is 4.79 Å². The molecule has 0 aliphatic carbocycles. The number of nitrogens with zero attached hydrogens (tertiary/aromatic N) is 1. The van der Waals surface area contributed by atoms with Crippen LogP contribution in [0, 0.1) is 5.92 Å². The Morgan fingerprint density at radius 3 is 2.67 bits per heavy atom. The van der Waals surface area contributed by atoms with Gasteiger partial charge in [-0.2, -0.15) is 0 Å². The Hall–Kier alpha value is -0.740. The van der Waals surface area contributed by atoms with Gasteiger partial charge in [0, 0.05) is 11.6 Å². The van der Waals surface area contributed by atoms with Gasteiger partial charge in [0.2, 0.25) is 0 Å². The van der Waals surface area contributed by atoms with Gasteiger partial charge in [-0.05, 0) is 32.4 Å². The highest BCUT2D eigenvalue weighted by Crippen LogP contribution is 2.01. The minimum absolute atomic E-state index is 0.542. The van der Waals surface area contributed by atoms with Crippen LogP contribution in [0.15, 0.2) is 11.6 Å². The SMILES string of the molecule is CNCCCC(C)C.O=Cc1nccs1. The first kappa shape index (κ1) is 14.3. The third kappa shape index (κ3) is 9.56. The molecule has 86 valence electrons. The first-order valence-corrected chi connectivity index (χ1v) is 6.08. The predicted octanol–water partition coefficient (Wildman–Crippen LogP) is 2.60. The molecule has 0 aliphatic heterocycles. The molecule has 1 rings (SSSR count). The Labute approximate surface area is 95.9 Å². The number of carbonyl (C=O) groups excluding carboxylic acids is 1. The molecular weight excluding hydrogens is 208 g/mol. The highest BCUT2D eigenvalue weighted by atomic mass is 32.1. The first-order chi connectivity index (χ1) is 7.20. The second-order valence-electron chi connectivity index (χ2n) is 3.63. The smallest absolute Gasteiger partial charge is 0.178 e. The topological polar surface area (TPSA) is 42.0 Å². The average Bonchev–Trinajstić information content (AvgIpc) is 2.71. The lowest BCUT2D eigenvalue weighted by Gasteiger charge is -2.01.